The summed E-state index contributed by atoms with van der Waals surface area (Å²) in [6.07, 6.45) is 8.21. The van der Waals surface area contributed by atoms with Crippen molar-refractivity contribution in [1.29, 1.82) is 0 Å². The van der Waals surface area contributed by atoms with Gasteiger partial charge in [0.15, 0.2) is 11.6 Å². The highest BCUT2D eigenvalue weighted by Gasteiger charge is 2.23. The van der Waals surface area contributed by atoms with Crippen molar-refractivity contribution in [2.45, 2.75) is 51.0 Å². The van der Waals surface area contributed by atoms with Gasteiger partial charge < -0.3 is 5.32 Å². The Morgan fingerprint density at radius 1 is 1.12 bits per heavy atom. The Labute approximate surface area is 147 Å². The molecule has 0 unspecified atom stereocenters. The normalized spacial score (nSPS) is 16.8. The molecule has 8 heteroatoms. The van der Waals surface area contributed by atoms with Crippen molar-refractivity contribution in [3.63, 3.8) is 0 Å². The molecule has 0 radical (unpaired) electrons. The number of hydrogen-bond donors (Lipinski definition) is 1. The minimum atomic E-state index is -3.81. The topological polar surface area (TPSA) is 66.5 Å². The van der Waals surface area contributed by atoms with Crippen LogP contribution in [0.15, 0.2) is 18.2 Å². The maximum absolute atomic E-state index is 13.4. The molecule has 0 aliphatic heterocycles. The van der Waals surface area contributed by atoms with Crippen molar-refractivity contribution in [2.24, 2.45) is 0 Å². The van der Waals surface area contributed by atoms with Crippen molar-refractivity contribution in [3.8, 4) is 0 Å². The second kappa shape index (κ2) is 8.60. The highest BCUT2D eigenvalue weighted by molar-refractivity contribution is 7.92. The second-order valence-electron chi connectivity index (χ2n) is 6.48. The molecule has 25 heavy (non-hydrogen) atoms. The smallest absolute Gasteiger partial charge is 0.240 e. The molecular formula is C17H24F2N2O3S. The highest BCUT2D eigenvalue weighted by atomic mass is 32.2. The van der Waals surface area contributed by atoms with Gasteiger partial charge >= 0.3 is 0 Å². The van der Waals surface area contributed by atoms with Gasteiger partial charge in [-0.25, -0.2) is 17.2 Å². The summed E-state index contributed by atoms with van der Waals surface area (Å²) < 4.78 is 51.3. The van der Waals surface area contributed by atoms with E-state index < -0.39 is 34.1 Å². The first-order chi connectivity index (χ1) is 11.8. The Kier molecular flexibility index (Phi) is 6.75. The van der Waals surface area contributed by atoms with Crippen LogP contribution in [0.3, 0.4) is 0 Å². The van der Waals surface area contributed by atoms with Crippen molar-refractivity contribution < 1.29 is 22.0 Å². The molecule has 1 saturated carbocycles. The molecule has 5 nitrogen and oxygen atoms in total. The number of hydrogen-bond acceptors (Lipinski definition) is 3. The largest absolute Gasteiger partial charge is 0.352 e. The molecule has 0 bridgehead atoms. The summed E-state index contributed by atoms with van der Waals surface area (Å²) in [6.45, 7) is -0.458. The summed E-state index contributed by atoms with van der Waals surface area (Å²) in [5.41, 5.74) is -0.0748. The maximum atomic E-state index is 13.4. The summed E-state index contributed by atoms with van der Waals surface area (Å²) in [6, 6.07) is 2.79. The number of carbonyl (C=O) groups is 1. The Hall–Kier alpha value is -1.70. The van der Waals surface area contributed by atoms with Gasteiger partial charge in [0.1, 0.15) is 6.54 Å². The maximum Gasteiger partial charge on any atom is 0.240 e. The first kappa shape index (κ1) is 19.6. The zero-order valence-electron chi connectivity index (χ0n) is 14.3. The second-order valence-corrected chi connectivity index (χ2v) is 8.38. The van der Waals surface area contributed by atoms with E-state index in [1.807, 2.05) is 0 Å². The molecule has 140 valence electrons. The van der Waals surface area contributed by atoms with Crippen molar-refractivity contribution >= 4 is 21.6 Å². The molecule has 1 fully saturated rings. The van der Waals surface area contributed by atoms with Gasteiger partial charge in [-0.2, -0.15) is 0 Å². The van der Waals surface area contributed by atoms with E-state index >= 15 is 0 Å². The minimum Gasteiger partial charge on any atom is -0.352 e. The molecule has 1 amide bonds. The molecule has 1 aliphatic rings. The fraction of sp³-hybridized carbons (Fsp3) is 0.588. The predicted octanol–water partition coefficient (Wildman–Crippen LogP) is 2.96. The quantitative estimate of drug-likeness (QED) is 0.862. The molecule has 0 atom stereocenters. The lowest BCUT2D eigenvalue weighted by Crippen LogP contribution is -2.44. The van der Waals surface area contributed by atoms with Crippen LogP contribution < -0.4 is 9.62 Å². The van der Waals surface area contributed by atoms with E-state index in [0.29, 0.717) is 0 Å². The lowest BCUT2D eigenvalue weighted by molar-refractivity contribution is -0.120. The first-order valence-corrected chi connectivity index (χ1v) is 10.3. The van der Waals surface area contributed by atoms with Crippen LogP contribution in [0.4, 0.5) is 14.5 Å². The van der Waals surface area contributed by atoms with Crippen molar-refractivity contribution in [2.75, 3.05) is 17.1 Å². The number of sulfonamides is 1. The third-order valence-electron chi connectivity index (χ3n) is 4.35. The van der Waals surface area contributed by atoms with Crippen molar-refractivity contribution in [1.82, 2.24) is 5.32 Å². The minimum absolute atomic E-state index is 0.0270. The first-order valence-electron chi connectivity index (χ1n) is 8.49. The monoisotopic (exact) mass is 374 g/mol. The lowest BCUT2D eigenvalue weighted by atomic mass is 9.97. The van der Waals surface area contributed by atoms with E-state index in [-0.39, 0.29) is 11.7 Å². The third kappa shape index (κ3) is 5.95. The van der Waals surface area contributed by atoms with Crippen LogP contribution in [0.5, 0.6) is 0 Å². The van der Waals surface area contributed by atoms with Gasteiger partial charge in [-0.15, -0.1) is 0 Å². The number of anilines is 1. The molecule has 0 heterocycles. The summed E-state index contributed by atoms with van der Waals surface area (Å²) >= 11 is 0. The fourth-order valence-corrected chi connectivity index (χ4v) is 3.89. The van der Waals surface area contributed by atoms with E-state index in [1.54, 1.807) is 0 Å². The number of carbonyl (C=O) groups excluding carboxylic acids is 1. The number of nitrogens with one attached hydrogen (secondary N) is 1. The molecule has 1 aromatic carbocycles. The SMILES string of the molecule is CS(=O)(=O)N(CC(=O)NC1CCCCCCC1)c1ccc(F)c(F)c1. The zero-order chi connectivity index (χ0) is 18.4. The summed E-state index contributed by atoms with van der Waals surface area (Å²) in [7, 11) is -3.81. The molecular weight excluding hydrogens is 350 g/mol. The van der Waals surface area contributed by atoms with Crippen LogP contribution in [-0.2, 0) is 14.8 Å². The molecule has 0 spiro atoms. The number of halogens is 2. The Balaban J connectivity index is 2.08. The van der Waals surface area contributed by atoms with Gasteiger partial charge in [-0.05, 0) is 25.0 Å². The zero-order valence-corrected chi connectivity index (χ0v) is 15.1. The van der Waals surface area contributed by atoms with Gasteiger partial charge in [0, 0.05) is 12.1 Å². The summed E-state index contributed by atoms with van der Waals surface area (Å²) in [5, 5.41) is 2.87. The number of nitrogens with zero attached hydrogens (tertiary/aromatic N) is 1. The van der Waals surface area contributed by atoms with Gasteiger partial charge in [-0.1, -0.05) is 32.1 Å². The fourth-order valence-electron chi connectivity index (χ4n) is 3.04. The number of benzene rings is 1. The Morgan fingerprint density at radius 2 is 1.72 bits per heavy atom. The lowest BCUT2D eigenvalue weighted by Gasteiger charge is -2.25. The predicted molar refractivity (Wildman–Crippen MR) is 92.8 cm³/mol. The van der Waals surface area contributed by atoms with E-state index in [0.717, 1.165) is 67.3 Å². The molecule has 1 aliphatic carbocycles. The molecule has 1 N–H and O–H groups in total. The van der Waals surface area contributed by atoms with Crippen LogP contribution in [0.1, 0.15) is 44.9 Å². The highest BCUT2D eigenvalue weighted by Crippen LogP contribution is 2.21. The van der Waals surface area contributed by atoms with Gasteiger partial charge in [0.25, 0.3) is 0 Å². The molecule has 2 rings (SSSR count). The van der Waals surface area contributed by atoms with Gasteiger partial charge in [0.2, 0.25) is 15.9 Å². The standard InChI is InChI=1S/C17H24F2N2O3S/c1-25(23,24)21(14-9-10-15(18)16(19)11-14)12-17(22)20-13-7-5-3-2-4-6-8-13/h9-11,13H,2-8,12H2,1H3,(H,20,22). The van der Waals surface area contributed by atoms with E-state index in [9.17, 15) is 22.0 Å². The summed E-state index contributed by atoms with van der Waals surface area (Å²) in [5.74, 6) is -2.68. The van der Waals surface area contributed by atoms with Crippen LogP contribution in [-0.4, -0.2) is 33.2 Å². The van der Waals surface area contributed by atoms with E-state index in [2.05, 4.69) is 5.32 Å². The average Bonchev–Trinajstić information content (AvgIpc) is 2.49. The Morgan fingerprint density at radius 3 is 2.28 bits per heavy atom. The molecule has 0 saturated heterocycles. The van der Waals surface area contributed by atoms with Gasteiger partial charge in [-0.3, -0.25) is 9.10 Å². The van der Waals surface area contributed by atoms with Crippen LogP contribution in [0.25, 0.3) is 0 Å². The summed E-state index contributed by atoms with van der Waals surface area (Å²) in [4.78, 5) is 12.3. The van der Waals surface area contributed by atoms with Gasteiger partial charge in [0.05, 0.1) is 11.9 Å². The van der Waals surface area contributed by atoms with Crippen LogP contribution in [0.2, 0.25) is 0 Å². The Bertz CT molecular complexity index is 702. The number of amides is 1. The van der Waals surface area contributed by atoms with E-state index in [4.69, 9.17) is 0 Å². The molecule has 0 aromatic heterocycles. The molecule has 1 aromatic rings. The van der Waals surface area contributed by atoms with Crippen LogP contribution >= 0.6 is 0 Å². The third-order valence-corrected chi connectivity index (χ3v) is 5.49. The van der Waals surface area contributed by atoms with Crippen molar-refractivity contribution in [3.05, 3.63) is 29.8 Å². The van der Waals surface area contributed by atoms with E-state index in [1.165, 1.54) is 6.42 Å². The number of rotatable bonds is 5. The average molecular weight is 374 g/mol. The van der Waals surface area contributed by atoms with Crippen LogP contribution in [0, 0.1) is 11.6 Å².